The number of carbonyl (C=O) groups is 4. The first-order valence-electron chi connectivity index (χ1n) is 18.3. The molecule has 18 nitrogen and oxygen atoms in total. The highest BCUT2D eigenvalue weighted by Crippen LogP contribution is 2.12. The zero-order valence-corrected chi connectivity index (χ0v) is 31.3. The summed E-state index contributed by atoms with van der Waals surface area (Å²) in [4.78, 5) is 51.9. The number of amides is 4. The van der Waals surface area contributed by atoms with Crippen LogP contribution < -0.4 is 48.9 Å². The molecule has 0 bridgehead atoms. The number of hydrogen-bond acceptors (Lipinski definition) is 13. The normalized spacial score (nSPS) is 15.2. The Bertz CT molecular complexity index is 1110. The molecular weight excluding hydrogens is 685 g/mol. The molecule has 1 unspecified atom stereocenters. The number of aliphatic hydroxyl groups excluding tert-OH is 1. The number of unbranched alkanes of at least 4 members (excludes halogenated alkanes) is 11. The lowest BCUT2D eigenvalue weighted by Gasteiger charge is -2.26. The molecule has 0 spiro atoms. The van der Waals surface area contributed by atoms with E-state index in [0.29, 0.717) is 45.2 Å². The molecule has 0 aliphatic heterocycles. The van der Waals surface area contributed by atoms with E-state index in [0.717, 1.165) is 25.7 Å². The number of nitrogens with two attached hydrogens (primary N) is 4. The fraction of sp³-hybridized carbons (Fsp3) is 0.871. The molecule has 0 rings (SSSR count). The van der Waals surface area contributed by atoms with Gasteiger partial charge in [0.05, 0.1) is 11.9 Å². The van der Waals surface area contributed by atoms with Crippen molar-refractivity contribution in [1.29, 1.82) is 0 Å². The molecule has 0 aromatic rings. The minimum atomic E-state index is -3.87. The van der Waals surface area contributed by atoms with Gasteiger partial charge in [-0.1, -0.05) is 71.1 Å². The standard InChI is InChI=1S/C31H66BN9O9S/c1-3-4-5-6-7-8-9-10-11-16-21-51(49,50)41-24(18-13-15-20-34)28(44)38-25(22(2)42)29(45)39-26(35)30(46)37-23(17-12-14-19-33)27(43)40-31(36)32(47)48/h22-26,31,41-42,47-48H,3-21,33-36H2,1-2H3,(H,37,46)(H,38,44)(H,39,45)(H,40,43)/t22-,23+,24+,25?,26-,31-/m1/s1. The molecule has 0 aliphatic rings. The van der Waals surface area contributed by atoms with Gasteiger partial charge in [-0.25, -0.2) is 13.1 Å². The van der Waals surface area contributed by atoms with Crippen molar-refractivity contribution in [1.82, 2.24) is 26.0 Å². The highest BCUT2D eigenvalue weighted by Gasteiger charge is 2.33. The Morgan fingerprint density at radius 2 is 1.14 bits per heavy atom. The van der Waals surface area contributed by atoms with Crippen molar-refractivity contribution in [2.45, 2.75) is 153 Å². The van der Waals surface area contributed by atoms with E-state index in [2.05, 4.69) is 32.9 Å². The van der Waals surface area contributed by atoms with Crippen LogP contribution in [0, 0.1) is 0 Å². The second kappa shape index (κ2) is 28.1. The Hall–Kier alpha value is -2.43. The second-order valence-electron chi connectivity index (χ2n) is 13.0. The van der Waals surface area contributed by atoms with Crippen LogP contribution in [0.25, 0.3) is 0 Å². The smallest absolute Gasteiger partial charge is 0.425 e. The zero-order chi connectivity index (χ0) is 38.8. The fourth-order valence-corrected chi connectivity index (χ4v) is 6.48. The van der Waals surface area contributed by atoms with Gasteiger partial charge >= 0.3 is 7.12 Å². The summed E-state index contributed by atoms with van der Waals surface area (Å²) < 4.78 is 28.3. The number of nitrogens with one attached hydrogen (secondary N) is 5. The van der Waals surface area contributed by atoms with Gasteiger partial charge in [-0.3, -0.25) is 19.2 Å². The quantitative estimate of drug-likeness (QED) is 0.0200. The summed E-state index contributed by atoms with van der Waals surface area (Å²) in [6.07, 6.45) is 9.06. The van der Waals surface area contributed by atoms with Crippen molar-refractivity contribution >= 4 is 40.8 Å². The van der Waals surface area contributed by atoms with E-state index < -0.39 is 77.2 Å². The van der Waals surface area contributed by atoms with Crippen molar-refractivity contribution < 1.29 is 42.8 Å². The first-order chi connectivity index (χ1) is 24.1. The molecule has 298 valence electrons. The third-order valence-electron chi connectivity index (χ3n) is 8.20. The van der Waals surface area contributed by atoms with Crippen molar-refractivity contribution in [3.8, 4) is 0 Å². The van der Waals surface area contributed by atoms with Gasteiger partial charge in [-0.2, -0.15) is 0 Å². The van der Waals surface area contributed by atoms with Crippen molar-refractivity contribution in [2.24, 2.45) is 22.9 Å². The van der Waals surface area contributed by atoms with E-state index in [1.165, 1.54) is 39.0 Å². The van der Waals surface area contributed by atoms with E-state index in [4.69, 9.17) is 22.9 Å². The number of sulfonamides is 1. The molecule has 4 amide bonds. The van der Waals surface area contributed by atoms with Crippen LogP contribution in [0.5, 0.6) is 0 Å². The SMILES string of the molecule is CCCCCCCCCCCCS(=O)(=O)N[C@@H](CCCCN)C(=O)NC(C(=O)N[C@@H](N)C(=O)N[C@@H](CCCCN)C(=O)N[C@@H](N)B(O)O)[C@@H](C)O. The first kappa shape index (κ1) is 48.6. The number of hydrogen-bond donors (Lipinski definition) is 12. The maximum atomic E-state index is 13.3. The van der Waals surface area contributed by atoms with Crippen molar-refractivity contribution in [3.63, 3.8) is 0 Å². The molecule has 20 heteroatoms. The van der Waals surface area contributed by atoms with E-state index in [9.17, 15) is 42.8 Å². The van der Waals surface area contributed by atoms with Crippen LogP contribution in [-0.4, -0.2) is 110 Å². The highest BCUT2D eigenvalue weighted by atomic mass is 32.2. The second-order valence-corrected chi connectivity index (χ2v) is 14.8. The van der Waals surface area contributed by atoms with Crippen LogP contribution in [0.4, 0.5) is 0 Å². The Morgan fingerprint density at radius 3 is 1.63 bits per heavy atom. The summed E-state index contributed by atoms with van der Waals surface area (Å²) in [5, 5.41) is 37.8. The summed E-state index contributed by atoms with van der Waals surface area (Å²) >= 11 is 0. The van der Waals surface area contributed by atoms with E-state index in [1.807, 2.05) is 0 Å². The van der Waals surface area contributed by atoms with Gasteiger partial charge in [-0.15, -0.1) is 0 Å². The lowest BCUT2D eigenvalue weighted by atomic mass is 9.86. The zero-order valence-electron chi connectivity index (χ0n) is 30.5. The largest absolute Gasteiger partial charge is 0.490 e. The predicted octanol–water partition coefficient (Wildman–Crippen LogP) is -2.38. The number of carbonyl (C=O) groups excluding carboxylic acids is 4. The Balaban J connectivity index is 5.37. The van der Waals surface area contributed by atoms with Crippen molar-refractivity contribution in [2.75, 3.05) is 18.8 Å². The third kappa shape index (κ3) is 23.0. The van der Waals surface area contributed by atoms with Gasteiger partial charge in [0.2, 0.25) is 27.7 Å². The lowest BCUT2D eigenvalue weighted by Crippen LogP contribution is -2.63. The van der Waals surface area contributed by atoms with Crippen LogP contribution in [0.1, 0.15) is 117 Å². The molecule has 16 N–H and O–H groups in total. The van der Waals surface area contributed by atoms with Gasteiger partial charge in [0.1, 0.15) is 24.2 Å². The first-order valence-corrected chi connectivity index (χ1v) is 19.9. The maximum Gasteiger partial charge on any atom is 0.490 e. The lowest BCUT2D eigenvalue weighted by molar-refractivity contribution is -0.135. The Labute approximate surface area is 303 Å². The van der Waals surface area contributed by atoms with Gasteiger partial charge in [0.25, 0.3) is 5.91 Å². The van der Waals surface area contributed by atoms with Crippen LogP contribution in [0.3, 0.4) is 0 Å². The molecule has 0 aromatic carbocycles. The van der Waals surface area contributed by atoms with Crippen LogP contribution >= 0.6 is 0 Å². The summed E-state index contributed by atoms with van der Waals surface area (Å²) in [6.45, 7) is 4.03. The van der Waals surface area contributed by atoms with E-state index >= 15 is 0 Å². The van der Waals surface area contributed by atoms with Gasteiger partial charge < -0.3 is 59.4 Å². The van der Waals surface area contributed by atoms with E-state index in [1.54, 1.807) is 0 Å². The monoisotopic (exact) mass is 751 g/mol. The Kier molecular flexibility index (Phi) is 26.8. The molecule has 0 radical (unpaired) electrons. The summed E-state index contributed by atoms with van der Waals surface area (Å²) in [5.41, 5.74) is 22.4. The number of aliphatic hydroxyl groups is 1. The third-order valence-corrected chi connectivity index (χ3v) is 9.67. The molecule has 0 heterocycles. The summed E-state index contributed by atoms with van der Waals surface area (Å²) in [7, 11) is -5.94. The highest BCUT2D eigenvalue weighted by molar-refractivity contribution is 7.89. The minimum Gasteiger partial charge on any atom is -0.425 e. The molecule has 6 atom stereocenters. The number of rotatable bonds is 31. The summed E-state index contributed by atoms with van der Waals surface area (Å²) in [5.74, 6) is -3.94. The molecule has 0 saturated carbocycles. The minimum absolute atomic E-state index is 0.0800. The molecule has 0 saturated heterocycles. The average molecular weight is 752 g/mol. The van der Waals surface area contributed by atoms with Gasteiger partial charge in [0, 0.05) is 0 Å². The Morgan fingerprint density at radius 1 is 0.647 bits per heavy atom. The summed E-state index contributed by atoms with van der Waals surface area (Å²) in [6, 6.07) is -5.66. The molecule has 0 aliphatic carbocycles. The van der Waals surface area contributed by atoms with Crippen LogP contribution in [0.2, 0.25) is 0 Å². The van der Waals surface area contributed by atoms with Crippen LogP contribution in [0.15, 0.2) is 0 Å². The topological polar surface area (TPSA) is 327 Å². The maximum absolute atomic E-state index is 13.3. The van der Waals surface area contributed by atoms with Gasteiger partial charge in [-0.05, 0) is 58.5 Å². The van der Waals surface area contributed by atoms with Crippen LogP contribution in [-0.2, 0) is 29.2 Å². The molecule has 0 fully saturated rings. The van der Waals surface area contributed by atoms with E-state index in [-0.39, 0.29) is 18.6 Å². The fourth-order valence-electron chi connectivity index (χ4n) is 5.12. The molecule has 0 aromatic heterocycles. The molecular formula is C31H66BN9O9S. The van der Waals surface area contributed by atoms with Gasteiger partial charge in [0.15, 0.2) is 6.17 Å². The predicted molar refractivity (Wildman–Crippen MR) is 196 cm³/mol. The van der Waals surface area contributed by atoms with Crippen molar-refractivity contribution in [3.05, 3.63) is 0 Å². The average Bonchev–Trinajstić information content (AvgIpc) is 3.06. The molecule has 51 heavy (non-hydrogen) atoms.